The molecule has 8 heteroatoms. The lowest BCUT2D eigenvalue weighted by atomic mass is 10.1. The van der Waals surface area contributed by atoms with Crippen LogP contribution in [0.3, 0.4) is 0 Å². The fourth-order valence-corrected chi connectivity index (χ4v) is 2.37. The molecule has 0 fully saturated rings. The molecule has 0 aliphatic heterocycles. The van der Waals surface area contributed by atoms with Crippen molar-refractivity contribution in [1.29, 1.82) is 0 Å². The number of aromatic nitrogens is 1. The molecule has 0 spiro atoms. The highest BCUT2D eigenvalue weighted by atomic mass is 32.1. The van der Waals surface area contributed by atoms with Gasteiger partial charge in [-0.1, -0.05) is 0 Å². The molecule has 1 aromatic heterocycles. The van der Waals surface area contributed by atoms with Gasteiger partial charge in [0, 0.05) is 10.9 Å². The molecule has 2 aromatic rings. The summed E-state index contributed by atoms with van der Waals surface area (Å²) in [7, 11) is 0. The SMILES string of the molecule is O=C(O)Cc1csc(-c2cc(C(F)(F)F)ccc2F)n1. The molecule has 1 N–H and O–H groups in total. The van der Waals surface area contributed by atoms with Crippen LogP contribution in [0.1, 0.15) is 11.3 Å². The summed E-state index contributed by atoms with van der Waals surface area (Å²) in [5, 5.41) is 9.99. The van der Waals surface area contributed by atoms with Gasteiger partial charge in [-0.25, -0.2) is 9.37 Å². The third kappa shape index (κ3) is 3.13. The minimum absolute atomic E-state index is 0.0184. The van der Waals surface area contributed by atoms with E-state index in [9.17, 15) is 22.4 Å². The van der Waals surface area contributed by atoms with Crippen molar-refractivity contribution < 1.29 is 27.5 Å². The number of rotatable bonds is 3. The van der Waals surface area contributed by atoms with Crippen LogP contribution >= 0.6 is 11.3 Å². The monoisotopic (exact) mass is 305 g/mol. The van der Waals surface area contributed by atoms with Gasteiger partial charge >= 0.3 is 12.1 Å². The Labute approximate surface area is 114 Å². The largest absolute Gasteiger partial charge is 0.481 e. The summed E-state index contributed by atoms with van der Waals surface area (Å²) in [6, 6.07) is 2.03. The molecule has 0 radical (unpaired) electrons. The number of nitrogens with zero attached hydrogens (tertiary/aromatic N) is 1. The molecule has 0 unspecified atom stereocenters. The second-order valence-electron chi connectivity index (χ2n) is 3.91. The molecular formula is C12H7F4NO2S. The highest BCUT2D eigenvalue weighted by Gasteiger charge is 2.31. The Morgan fingerprint density at radius 2 is 2.05 bits per heavy atom. The van der Waals surface area contributed by atoms with Crippen LogP contribution in [0.5, 0.6) is 0 Å². The number of carboxylic acids is 1. The summed E-state index contributed by atoms with van der Waals surface area (Å²) < 4.78 is 51.3. The first kappa shape index (κ1) is 14.4. The molecule has 1 heterocycles. The summed E-state index contributed by atoms with van der Waals surface area (Å²) in [4.78, 5) is 14.3. The highest BCUT2D eigenvalue weighted by Crippen LogP contribution is 2.34. The van der Waals surface area contributed by atoms with Gasteiger partial charge in [0.2, 0.25) is 0 Å². The summed E-state index contributed by atoms with van der Waals surface area (Å²) in [6.45, 7) is 0. The first-order valence-corrected chi connectivity index (χ1v) is 6.18. The van der Waals surface area contributed by atoms with Gasteiger partial charge in [0.25, 0.3) is 0 Å². The number of halogens is 4. The third-order valence-corrected chi connectivity index (χ3v) is 3.33. The van der Waals surface area contributed by atoms with E-state index in [0.29, 0.717) is 12.1 Å². The van der Waals surface area contributed by atoms with Gasteiger partial charge in [-0.2, -0.15) is 13.2 Å². The van der Waals surface area contributed by atoms with Crippen LogP contribution in [0.15, 0.2) is 23.6 Å². The normalized spacial score (nSPS) is 11.6. The zero-order valence-corrected chi connectivity index (χ0v) is 10.6. The van der Waals surface area contributed by atoms with Gasteiger partial charge < -0.3 is 5.11 Å². The van der Waals surface area contributed by atoms with E-state index in [1.54, 1.807) is 0 Å². The summed E-state index contributed by atoms with van der Waals surface area (Å²) in [5.74, 6) is -1.96. The molecule has 106 valence electrons. The van der Waals surface area contributed by atoms with Crippen molar-refractivity contribution in [2.75, 3.05) is 0 Å². The number of carboxylic acid groups (broad SMARTS) is 1. The Bertz CT molecular complexity index is 651. The second-order valence-corrected chi connectivity index (χ2v) is 4.76. The molecule has 20 heavy (non-hydrogen) atoms. The standard InChI is InChI=1S/C12H7F4NO2S/c13-9-2-1-6(12(14,15)16)3-8(9)11-17-7(5-20-11)4-10(18)19/h1-3,5H,4H2,(H,18,19). The van der Waals surface area contributed by atoms with E-state index in [-0.39, 0.29) is 22.7 Å². The second kappa shape index (κ2) is 5.20. The average molecular weight is 305 g/mol. The van der Waals surface area contributed by atoms with E-state index >= 15 is 0 Å². The van der Waals surface area contributed by atoms with E-state index in [1.165, 1.54) is 5.38 Å². The van der Waals surface area contributed by atoms with Crippen molar-refractivity contribution in [2.24, 2.45) is 0 Å². The summed E-state index contributed by atoms with van der Waals surface area (Å²) in [5.41, 5.74) is -1.10. The van der Waals surface area contributed by atoms with Crippen molar-refractivity contribution in [2.45, 2.75) is 12.6 Å². The predicted molar refractivity (Wildman–Crippen MR) is 63.8 cm³/mol. The van der Waals surface area contributed by atoms with Crippen LogP contribution in [-0.2, 0) is 17.4 Å². The lowest BCUT2D eigenvalue weighted by Gasteiger charge is -2.08. The van der Waals surface area contributed by atoms with Gasteiger partial charge in [-0.05, 0) is 18.2 Å². The molecule has 0 bridgehead atoms. The minimum atomic E-state index is -4.58. The lowest BCUT2D eigenvalue weighted by molar-refractivity contribution is -0.138. The Balaban J connectivity index is 2.41. The summed E-state index contributed by atoms with van der Waals surface area (Å²) >= 11 is 0.896. The van der Waals surface area contributed by atoms with E-state index in [0.717, 1.165) is 17.4 Å². The first-order chi connectivity index (χ1) is 9.27. The van der Waals surface area contributed by atoms with Gasteiger partial charge in [0.05, 0.1) is 17.7 Å². The fourth-order valence-electron chi connectivity index (χ4n) is 1.53. The highest BCUT2D eigenvalue weighted by molar-refractivity contribution is 7.13. The van der Waals surface area contributed by atoms with Crippen molar-refractivity contribution in [3.05, 3.63) is 40.7 Å². The Kier molecular flexibility index (Phi) is 3.76. The first-order valence-electron chi connectivity index (χ1n) is 5.30. The number of hydrogen-bond donors (Lipinski definition) is 1. The molecule has 0 saturated heterocycles. The van der Waals surface area contributed by atoms with Crippen molar-refractivity contribution in [3.8, 4) is 10.6 Å². The zero-order chi connectivity index (χ0) is 14.9. The maximum atomic E-state index is 13.6. The van der Waals surface area contributed by atoms with Crippen LogP contribution in [0, 0.1) is 5.82 Å². The van der Waals surface area contributed by atoms with E-state index in [1.807, 2.05) is 0 Å². The Morgan fingerprint density at radius 1 is 1.35 bits per heavy atom. The van der Waals surface area contributed by atoms with Gasteiger partial charge in [0.1, 0.15) is 10.8 Å². The van der Waals surface area contributed by atoms with Crippen molar-refractivity contribution in [1.82, 2.24) is 4.98 Å². The Hall–Kier alpha value is -1.96. The van der Waals surface area contributed by atoms with E-state index in [4.69, 9.17) is 5.11 Å². The molecule has 3 nitrogen and oxygen atoms in total. The van der Waals surface area contributed by atoms with Crippen molar-refractivity contribution >= 4 is 17.3 Å². The van der Waals surface area contributed by atoms with Crippen LogP contribution in [0.2, 0.25) is 0 Å². The zero-order valence-electron chi connectivity index (χ0n) is 9.74. The number of alkyl halides is 3. The van der Waals surface area contributed by atoms with E-state index in [2.05, 4.69) is 4.98 Å². The van der Waals surface area contributed by atoms with Crippen LogP contribution < -0.4 is 0 Å². The summed E-state index contributed by atoms with van der Waals surface area (Å²) in [6.07, 6.45) is -4.94. The molecule has 0 saturated carbocycles. The minimum Gasteiger partial charge on any atom is -0.481 e. The van der Waals surface area contributed by atoms with E-state index < -0.39 is 23.5 Å². The van der Waals surface area contributed by atoms with Gasteiger partial charge in [-0.15, -0.1) is 11.3 Å². The Morgan fingerprint density at radius 3 is 2.65 bits per heavy atom. The molecular weight excluding hydrogens is 298 g/mol. The topological polar surface area (TPSA) is 50.2 Å². The fraction of sp³-hybridized carbons (Fsp3) is 0.167. The smallest absolute Gasteiger partial charge is 0.416 e. The number of aliphatic carboxylic acids is 1. The maximum absolute atomic E-state index is 13.6. The van der Waals surface area contributed by atoms with Crippen LogP contribution in [0.4, 0.5) is 17.6 Å². The maximum Gasteiger partial charge on any atom is 0.416 e. The predicted octanol–water partition coefficient (Wildman–Crippen LogP) is 3.60. The third-order valence-electron chi connectivity index (χ3n) is 2.41. The average Bonchev–Trinajstić information content (AvgIpc) is 2.75. The molecule has 1 aromatic carbocycles. The van der Waals surface area contributed by atoms with Gasteiger partial charge in [0.15, 0.2) is 0 Å². The number of hydrogen-bond acceptors (Lipinski definition) is 3. The van der Waals surface area contributed by atoms with Crippen LogP contribution in [-0.4, -0.2) is 16.1 Å². The number of thiazole rings is 1. The molecule has 0 amide bonds. The molecule has 0 aliphatic carbocycles. The quantitative estimate of drug-likeness (QED) is 0.882. The number of benzene rings is 1. The van der Waals surface area contributed by atoms with Crippen LogP contribution in [0.25, 0.3) is 10.6 Å². The van der Waals surface area contributed by atoms with Crippen molar-refractivity contribution in [3.63, 3.8) is 0 Å². The molecule has 0 atom stereocenters. The van der Waals surface area contributed by atoms with Gasteiger partial charge in [-0.3, -0.25) is 4.79 Å². The lowest BCUT2D eigenvalue weighted by Crippen LogP contribution is -2.05. The molecule has 0 aliphatic rings. The number of carbonyl (C=O) groups is 1. The molecule has 2 rings (SSSR count).